The number of amides is 2. The van der Waals surface area contributed by atoms with Gasteiger partial charge in [-0.05, 0) is 38.1 Å². The largest absolute Gasteiger partial charge is 0.513 e. The summed E-state index contributed by atoms with van der Waals surface area (Å²) < 4.78 is 35.8. The molecule has 2 rings (SSSR count). The van der Waals surface area contributed by atoms with Crippen LogP contribution in [0.1, 0.15) is 12.5 Å². The van der Waals surface area contributed by atoms with E-state index in [1.165, 1.54) is 36.4 Å². The minimum Gasteiger partial charge on any atom is -0.434 e. The summed E-state index contributed by atoms with van der Waals surface area (Å²) in [5.74, 6) is 0.141. The maximum absolute atomic E-state index is 12.2. The van der Waals surface area contributed by atoms with Crippen molar-refractivity contribution in [3.8, 4) is 5.75 Å². The van der Waals surface area contributed by atoms with Crippen molar-refractivity contribution in [2.75, 3.05) is 11.9 Å². The summed E-state index contributed by atoms with van der Waals surface area (Å²) in [5, 5.41) is 2.36. The molecule has 2 aromatic carbocycles. The van der Waals surface area contributed by atoms with Crippen LogP contribution >= 0.6 is 0 Å². The Hall–Kier alpha value is -3.07. The molecule has 0 saturated heterocycles. The second kappa shape index (κ2) is 8.34. The van der Waals surface area contributed by atoms with Crippen molar-refractivity contribution in [1.29, 1.82) is 0 Å². The molecule has 0 aromatic heterocycles. The lowest BCUT2D eigenvalue weighted by Crippen LogP contribution is -2.34. The third-order valence-corrected chi connectivity index (χ3v) is 4.46. The van der Waals surface area contributed by atoms with Crippen molar-refractivity contribution in [3.63, 3.8) is 0 Å². The summed E-state index contributed by atoms with van der Waals surface area (Å²) in [5.41, 5.74) is 1.13. The number of carbonyl (C=O) groups is 2. The number of ether oxygens (including phenoxy) is 2. The number of carbonyl (C=O) groups excluding carboxylic acids is 2. The number of anilines is 1. The van der Waals surface area contributed by atoms with Gasteiger partial charge < -0.3 is 14.8 Å². The minimum atomic E-state index is -4.00. The summed E-state index contributed by atoms with van der Waals surface area (Å²) in [7, 11) is -4.00. The summed E-state index contributed by atoms with van der Waals surface area (Å²) >= 11 is 0. The monoisotopic (exact) mass is 378 g/mol. The van der Waals surface area contributed by atoms with Crippen LogP contribution in [-0.2, 0) is 14.8 Å². The van der Waals surface area contributed by atoms with Crippen molar-refractivity contribution in [2.45, 2.75) is 18.7 Å². The molecule has 0 heterocycles. The Morgan fingerprint density at radius 3 is 2.42 bits per heavy atom. The van der Waals surface area contributed by atoms with Crippen LogP contribution in [0, 0.1) is 6.92 Å². The predicted octanol–water partition coefficient (Wildman–Crippen LogP) is 3.04. The maximum atomic E-state index is 12.2. The predicted molar refractivity (Wildman–Crippen MR) is 94.6 cm³/mol. The highest BCUT2D eigenvalue weighted by atomic mass is 32.2. The van der Waals surface area contributed by atoms with E-state index in [0.717, 1.165) is 5.56 Å². The Kier molecular flexibility index (Phi) is 6.18. The van der Waals surface area contributed by atoms with Gasteiger partial charge in [0.25, 0.3) is 10.0 Å². The molecule has 0 saturated carbocycles. The first-order chi connectivity index (χ1) is 12.3. The average molecular weight is 378 g/mol. The van der Waals surface area contributed by atoms with E-state index in [1.807, 2.05) is 11.6 Å². The lowest BCUT2D eigenvalue weighted by Gasteiger charge is -2.10. The Balaban J connectivity index is 2.03. The zero-order chi connectivity index (χ0) is 19.2. The quantitative estimate of drug-likeness (QED) is 0.611. The number of urea groups is 1. The standard InChI is InChI=1S/C17H18N2O6S/c1-3-24-17(21)25-14-6-4-5-13(11-14)18-16(20)19-26(22,23)15-9-7-12(2)8-10-15/h4-11H,3H2,1-2H3,(H2,18,19,20). The number of nitrogens with one attached hydrogen (secondary N) is 2. The molecule has 9 heteroatoms. The highest BCUT2D eigenvalue weighted by Gasteiger charge is 2.17. The van der Waals surface area contributed by atoms with Gasteiger partial charge in [0.2, 0.25) is 0 Å². The Bertz CT molecular complexity index is 894. The van der Waals surface area contributed by atoms with Gasteiger partial charge in [-0.3, -0.25) is 0 Å². The number of rotatable bonds is 5. The molecule has 0 radical (unpaired) electrons. The van der Waals surface area contributed by atoms with Gasteiger partial charge in [-0.15, -0.1) is 0 Å². The van der Waals surface area contributed by atoms with Gasteiger partial charge in [-0.2, -0.15) is 0 Å². The molecule has 2 amide bonds. The summed E-state index contributed by atoms with van der Waals surface area (Å²) in [6.07, 6.45) is -0.879. The van der Waals surface area contributed by atoms with Crippen molar-refractivity contribution >= 4 is 27.9 Å². The molecule has 0 atom stereocenters. The van der Waals surface area contributed by atoms with Crippen LogP contribution in [0.5, 0.6) is 5.75 Å². The lowest BCUT2D eigenvalue weighted by molar-refractivity contribution is 0.104. The molecule has 8 nitrogen and oxygen atoms in total. The van der Waals surface area contributed by atoms with E-state index in [0.29, 0.717) is 0 Å². The summed E-state index contributed by atoms with van der Waals surface area (Å²) in [6, 6.07) is 11.0. The number of hydrogen-bond donors (Lipinski definition) is 2. The third kappa shape index (κ3) is 5.49. The molecular weight excluding hydrogens is 360 g/mol. The van der Waals surface area contributed by atoms with Gasteiger partial charge in [0.1, 0.15) is 5.75 Å². The maximum Gasteiger partial charge on any atom is 0.513 e. The summed E-state index contributed by atoms with van der Waals surface area (Å²) in [4.78, 5) is 23.2. The van der Waals surface area contributed by atoms with Crippen molar-refractivity contribution in [3.05, 3.63) is 54.1 Å². The molecule has 2 N–H and O–H groups in total. The second-order valence-corrected chi connectivity index (χ2v) is 6.87. The molecular formula is C17H18N2O6S. The van der Waals surface area contributed by atoms with Crippen LogP contribution in [0.2, 0.25) is 0 Å². The van der Waals surface area contributed by atoms with Crippen molar-refractivity contribution in [2.24, 2.45) is 0 Å². The van der Waals surface area contributed by atoms with E-state index < -0.39 is 22.2 Å². The first-order valence-electron chi connectivity index (χ1n) is 7.65. The Morgan fingerprint density at radius 1 is 1.08 bits per heavy atom. The SMILES string of the molecule is CCOC(=O)Oc1cccc(NC(=O)NS(=O)(=O)c2ccc(C)cc2)c1. The molecule has 0 unspecified atom stereocenters. The first kappa shape index (κ1) is 19.3. The molecule has 0 aliphatic heterocycles. The fraction of sp³-hybridized carbons (Fsp3) is 0.176. The fourth-order valence-corrected chi connectivity index (χ4v) is 2.84. The number of sulfonamides is 1. The number of aryl methyl sites for hydroxylation is 1. The molecule has 0 bridgehead atoms. The van der Waals surface area contributed by atoms with E-state index in [-0.39, 0.29) is 22.9 Å². The zero-order valence-corrected chi connectivity index (χ0v) is 15.0. The van der Waals surface area contributed by atoms with Gasteiger partial charge in [0.05, 0.1) is 11.5 Å². The van der Waals surface area contributed by atoms with E-state index in [9.17, 15) is 18.0 Å². The van der Waals surface area contributed by atoms with Crippen LogP contribution in [0.15, 0.2) is 53.4 Å². The highest BCUT2D eigenvalue weighted by Crippen LogP contribution is 2.18. The van der Waals surface area contributed by atoms with E-state index in [4.69, 9.17) is 4.74 Å². The van der Waals surface area contributed by atoms with E-state index >= 15 is 0 Å². The molecule has 26 heavy (non-hydrogen) atoms. The molecule has 0 fully saturated rings. The Labute approximate surface area is 151 Å². The molecule has 0 aliphatic rings. The molecule has 138 valence electrons. The van der Waals surface area contributed by atoms with E-state index in [1.54, 1.807) is 19.1 Å². The van der Waals surface area contributed by atoms with E-state index in [2.05, 4.69) is 10.1 Å². The highest BCUT2D eigenvalue weighted by molar-refractivity contribution is 7.90. The topological polar surface area (TPSA) is 111 Å². The minimum absolute atomic E-state index is 0.0300. The molecule has 0 spiro atoms. The first-order valence-corrected chi connectivity index (χ1v) is 9.13. The third-order valence-electron chi connectivity index (χ3n) is 3.11. The van der Waals surface area contributed by atoms with Crippen molar-refractivity contribution in [1.82, 2.24) is 4.72 Å². The van der Waals surface area contributed by atoms with Gasteiger partial charge in [-0.25, -0.2) is 22.7 Å². The lowest BCUT2D eigenvalue weighted by atomic mass is 10.2. The smallest absolute Gasteiger partial charge is 0.434 e. The Morgan fingerprint density at radius 2 is 1.77 bits per heavy atom. The fourth-order valence-electron chi connectivity index (χ4n) is 1.94. The summed E-state index contributed by atoms with van der Waals surface area (Å²) in [6.45, 7) is 3.62. The molecule has 0 aliphatic carbocycles. The van der Waals surface area contributed by atoms with Crippen LogP contribution in [0.4, 0.5) is 15.3 Å². The average Bonchev–Trinajstić information content (AvgIpc) is 2.55. The van der Waals surface area contributed by atoms with Crippen LogP contribution in [-0.4, -0.2) is 27.2 Å². The second-order valence-electron chi connectivity index (χ2n) is 5.19. The normalized spacial score (nSPS) is 10.7. The van der Waals surface area contributed by atoms with Crippen molar-refractivity contribution < 1.29 is 27.5 Å². The number of hydrogen-bond acceptors (Lipinski definition) is 6. The van der Waals surface area contributed by atoms with Crippen LogP contribution < -0.4 is 14.8 Å². The number of benzene rings is 2. The van der Waals surface area contributed by atoms with Crippen LogP contribution in [0.3, 0.4) is 0 Å². The molecule has 2 aromatic rings. The van der Waals surface area contributed by atoms with Gasteiger partial charge in [0.15, 0.2) is 0 Å². The van der Waals surface area contributed by atoms with Gasteiger partial charge in [0, 0.05) is 11.8 Å². The van der Waals surface area contributed by atoms with Crippen LogP contribution in [0.25, 0.3) is 0 Å². The van der Waals surface area contributed by atoms with Gasteiger partial charge in [-0.1, -0.05) is 23.8 Å². The zero-order valence-electron chi connectivity index (χ0n) is 14.2. The van der Waals surface area contributed by atoms with Gasteiger partial charge >= 0.3 is 12.2 Å².